The van der Waals surface area contributed by atoms with Gasteiger partial charge < -0.3 is 0 Å². The molecule has 19 heavy (non-hydrogen) atoms. The number of hydrogen-bond donors (Lipinski definition) is 0. The second kappa shape index (κ2) is 8.13. The molecule has 0 aromatic carbocycles. The third kappa shape index (κ3) is 4.11. The summed E-state index contributed by atoms with van der Waals surface area (Å²) in [5, 5.41) is 5.29. The molecule has 0 saturated heterocycles. The van der Waals surface area contributed by atoms with E-state index in [1.54, 1.807) is 0 Å². The van der Waals surface area contributed by atoms with Gasteiger partial charge in [0.05, 0.1) is 16.4 Å². The Hall–Kier alpha value is -0.250. The van der Waals surface area contributed by atoms with Crippen molar-refractivity contribution in [1.82, 2.24) is 14.7 Å². The minimum Gasteiger partial charge on any atom is -0.293 e. The van der Waals surface area contributed by atoms with E-state index in [4.69, 9.17) is 23.2 Å². The van der Waals surface area contributed by atoms with Crippen LogP contribution in [0.2, 0.25) is 5.02 Å². The van der Waals surface area contributed by atoms with E-state index in [1.165, 1.54) is 0 Å². The lowest BCUT2D eigenvalue weighted by Gasteiger charge is -2.29. The summed E-state index contributed by atoms with van der Waals surface area (Å²) in [5.74, 6) is 0.645. The summed E-state index contributed by atoms with van der Waals surface area (Å²) >= 11 is 12.4. The van der Waals surface area contributed by atoms with Crippen molar-refractivity contribution >= 4 is 23.2 Å². The molecule has 1 aromatic rings. The highest BCUT2D eigenvalue weighted by molar-refractivity contribution is 6.31. The fraction of sp³-hybridized carbons (Fsp3) is 0.786. The first-order valence-electron chi connectivity index (χ1n) is 7.09. The van der Waals surface area contributed by atoms with Gasteiger partial charge in [-0.05, 0) is 19.3 Å². The summed E-state index contributed by atoms with van der Waals surface area (Å²) in [4.78, 5) is 2.41. The van der Waals surface area contributed by atoms with Gasteiger partial charge in [-0.25, -0.2) is 0 Å². The normalized spacial score (nSPS) is 11.8. The first-order chi connectivity index (χ1) is 9.08. The molecule has 5 heteroatoms. The first-order valence-corrected chi connectivity index (χ1v) is 8.00. The van der Waals surface area contributed by atoms with E-state index in [-0.39, 0.29) is 0 Å². The number of alkyl halides is 1. The molecule has 0 aliphatic rings. The van der Waals surface area contributed by atoms with Gasteiger partial charge in [0.2, 0.25) is 0 Å². The van der Waals surface area contributed by atoms with Crippen molar-refractivity contribution in [2.75, 3.05) is 12.4 Å². The van der Waals surface area contributed by atoms with Crippen LogP contribution in [0.1, 0.15) is 45.0 Å². The second-order valence-electron chi connectivity index (χ2n) is 4.81. The molecule has 0 fully saturated rings. The highest BCUT2D eigenvalue weighted by Crippen LogP contribution is 2.23. The smallest absolute Gasteiger partial charge is 0.0863 e. The molecular formula is C14H25Cl2N3. The first kappa shape index (κ1) is 16.8. The van der Waals surface area contributed by atoms with Crippen LogP contribution in [0.15, 0.2) is 0 Å². The van der Waals surface area contributed by atoms with Crippen molar-refractivity contribution in [3.63, 3.8) is 0 Å². The van der Waals surface area contributed by atoms with E-state index < -0.39 is 0 Å². The van der Waals surface area contributed by atoms with Gasteiger partial charge in [0.25, 0.3) is 0 Å². The van der Waals surface area contributed by atoms with Crippen molar-refractivity contribution < 1.29 is 0 Å². The maximum absolute atomic E-state index is 6.42. The van der Waals surface area contributed by atoms with Crippen LogP contribution in [-0.2, 0) is 20.0 Å². The van der Waals surface area contributed by atoms with E-state index in [9.17, 15) is 0 Å². The van der Waals surface area contributed by atoms with Gasteiger partial charge in [0, 0.05) is 32.1 Å². The van der Waals surface area contributed by atoms with Crippen LogP contribution in [0, 0.1) is 0 Å². The molecule has 0 spiro atoms. The van der Waals surface area contributed by atoms with Gasteiger partial charge in [0.1, 0.15) is 0 Å². The third-order valence-corrected chi connectivity index (χ3v) is 4.29. The fourth-order valence-corrected chi connectivity index (χ4v) is 3.06. The predicted molar refractivity (Wildman–Crippen MR) is 83.1 cm³/mol. The largest absolute Gasteiger partial charge is 0.293 e. The molecule has 110 valence electrons. The quantitative estimate of drug-likeness (QED) is 0.680. The lowest BCUT2D eigenvalue weighted by atomic mass is 10.1. The van der Waals surface area contributed by atoms with Crippen LogP contribution < -0.4 is 0 Å². The highest BCUT2D eigenvalue weighted by atomic mass is 35.5. The second-order valence-corrected chi connectivity index (χ2v) is 5.57. The third-order valence-electron chi connectivity index (χ3n) is 3.69. The zero-order valence-electron chi connectivity index (χ0n) is 12.4. The van der Waals surface area contributed by atoms with Crippen LogP contribution in [0.5, 0.6) is 0 Å². The number of aromatic nitrogens is 2. The number of rotatable bonds is 8. The monoisotopic (exact) mass is 305 g/mol. The summed E-state index contributed by atoms with van der Waals surface area (Å²) in [7, 11) is 1.96. The molecule has 0 aliphatic carbocycles. The maximum atomic E-state index is 6.42. The van der Waals surface area contributed by atoms with Crippen molar-refractivity contribution in [2.45, 2.75) is 52.6 Å². The van der Waals surface area contributed by atoms with Crippen molar-refractivity contribution in [3.8, 4) is 0 Å². The lowest BCUT2D eigenvalue weighted by molar-refractivity contribution is 0.183. The number of halogens is 2. The summed E-state index contributed by atoms with van der Waals surface area (Å²) < 4.78 is 1.91. The average Bonchev–Trinajstić information content (AvgIpc) is 2.67. The van der Waals surface area contributed by atoms with Crippen LogP contribution in [0.4, 0.5) is 0 Å². The molecule has 0 N–H and O–H groups in total. The SMILES string of the molecule is CCc1nn(C)c(CN(CCCl)C(CC)CC)c1Cl. The Morgan fingerprint density at radius 3 is 2.32 bits per heavy atom. The Bertz CT molecular complexity index is 386. The summed E-state index contributed by atoms with van der Waals surface area (Å²) in [5.41, 5.74) is 2.07. The molecule has 1 heterocycles. The van der Waals surface area contributed by atoms with E-state index >= 15 is 0 Å². The molecule has 1 aromatic heterocycles. The minimum atomic E-state index is 0.551. The molecular weight excluding hydrogens is 281 g/mol. The van der Waals surface area contributed by atoms with E-state index in [2.05, 4.69) is 30.8 Å². The van der Waals surface area contributed by atoms with Crippen molar-refractivity contribution in [2.24, 2.45) is 7.05 Å². The Morgan fingerprint density at radius 1 is 1.26 bits per heavy atom. The van der Waals surface area contributed by atoms with Crippen LogP contribution >= 0.6 is 23.2 Å². The molecule has 0 atom stereocenters. The summed E-state index contributed by atoms with van der Waals surface area (Å²) in [6.07, 6.45) is 3.13. The van der Waals surface area contributed by atoms with Gasteiger partial charge in [-0.15, -0.1) is 11.6 Å². The average molecular weight is 306 g/mol. The Labute approximate surface area is 126 Å². The number of hydrogen-bond acceptors (Lipinski definition) is 2. The molecule has 0 saturated carbocycles. The molecule has 0 bridgehead atoms. The Morgan fingerprint density at radius 2 is 1.89 bits per heavy atom. The molecule has 1 rings (SSSR count). The van der Waals surface area contributed by atoms with Crippen molar-refractivity contribution in [3.05, 3.63) is 16.4 Å². The molecule has 0 radical (unpaired) electrons. The molecule has 0 aliphatic heterocycles. The molecule has 0 unspecified atom stereocenters. The number of nitrogens with zero attached hydrogens (tertiary/aromatic N) is 3. The Kier molecular flexibility index (Phi) is 7.19. The van der Waals surface area contributed by atoms with E-state index in [1.807, 2.05) is 11.7 Å². The molecule has 3 nitrogen and oxygen atoms in total. The van der Waals surface area contributed by atoms with Gasteiger partial charge in [-0.1, -0.05) is 32.4 Å². The lowest BCUT2D eigenvalue weighted by Crippen LogP contribution is -2.36. The summed E-state index contributed by atoms with van der Waals surface area (Å²) in [6, 6.07) is 0.551. The van der Waals surface area contributed by atoms with Crippen LogP contribution in [-0.4, -0.2) is 33.1 Å². The van der Waals surface area contributed by atoms with E-state index in [0.717, 1.165) is 48.8 Å². The zero-order chi connectivity index (χ0) is 14.4. The standard InChI is InChI=1S/C14H25Cl2N3/c1-5-11(6-2)19(9-8-15)10-13-14(16)12(7-3)17-18(13)4/h11H,5-10H2,1-4H3. The highest BCUT2D eigenvalue weighted by Gasteiger charge is 2.20. The predicted octanol–water partition coefficient (Wildman–Crippen LogP) is 3.87. The minimum absolute atomic E-state index is 0.551. The summed E-state index contributed by atoms with van der Waals surface area (Å²) in [6.45, 7) is 8.23. The topological polar surface area (TPSA) is 21.1 Å². The Balaban J connectivity index is 2.92. The molecule has 0 amide bonds. The number of aryl methyl sites for hydroxylation is 2. The zero-order valence-corrected chi connectivity index (χ0v) is 13.9. The van der Waals surface area contributed by atoms with E-state index in [0.29, 0.717) is 11.9 Å². The van der Waals surface area contributed by atoms with Gasteiger partial charge in [0.15, 0.2) is 0 Å². The maximum Gasteiger partial charge on any atom is 0.0863 e. The van der Waals surface area contributed by atoms with Gasteiger partial charge in [-0.3, -0.25) is 9.58 Å². The van der Waals surface area contributed by atoms with Gasteiger partial charge in [-0.2, -0.15) is 5.10 Å². The van der Waals surface area contributed by atoms with Crippen molar-refractivity contribution in [1.29, 1.82) is 0 Å². The van der Waals surface area contributed by atoms with Gasteiger partial charge >= 0.3 is 0 Å². The fourth-order valence-electron chi connectivity index (χ4n) is 2.49. The van der Waals surface area contributed by atoms with Crippen LogP contribution in [0.25, 0.3) is 0 Å². The van der Waals surface area contributed by atoms with Crippen LogP contribution in [0.3, 0.4) is 0 Å².